The van der Waals surface area contributed by atoms with Crippen molar-refractivity contribution in [3.63, 3.8) is 0 Å². The standard InChI is InChI=1S/C4H9OP/c1-3-4(2)6-5/h4H,3H2,1-2H3/p+1. The Hall–Kier alpha value is 0.100. The fourth-order valence-corrected chi connectivity index (χ4v) is 0.250. The van der Waals surface area contributed by atoms with E-state index in [9.17, 15) is 4.57 Å². The highest BCUT2D eigenvalue weighted by Gasteiger charge is 2.00. The first-order valence-electron chi connectivity index (χ1n) is 2.19. The maximum absolute atomic E-state index is 9.89. The molecule has 0 heterocycles. The predicted octanol–water partition coefficient (Wildman–Crippen LogP) is 1.81. The zero-order valence-electron chi connectivity index (χ0n) is 4.19. The van der Waals surface area contributed by atoms with Gasteiger partial charge in [0, 0.05) is 0 Å². The summed E-state index contributed by atoms with van der Waals surface area (Å²) in [4.78, 5) is 0. The van der Waals surface area contributed by atoms with Crippen molar-refractivity contribution in [3.8, 4) is 0 Å². The van der Waals surface area contributed by atoms with Gasteiger partial charge in [-0.3, -0.25) is 0 Å². The van der Waals surface area contributed by atoms with Gasteiger partial charge < -0.3 is 0 Å². The van der Waals surface area contributed by atoms with Crippen LogP contribution in [0.1, 0.15) is 20.3 Å². The average molecular weight is 105 g/mol. The molecular weight excluding hydrogens is 95.0 g/mol. The maximum Gasteiger partial charge on any atom is 0.327 e. The molecule has 0 amide bonds. The van der Waals surface area contributed by atoms with Gasteiger partial charge in [0.05, 0.1) is 0 Å². The van der Waals surface area contributed by atoms with E-state index in [-0.39, 0.29) is 8.46 Å². The molecule has 0 aliphatic carbocycles. The second-order valence-corrected chi connectivity index (χ2v) is 2.65. The molecule has 0 bridgehead atoms. The van der Waals surface area contributed by atoms with Crippen LogP contribution in [-0.4, -0.2) is 5.66 Å². The SMILES string of the molecule is CCC(C)[PH+]=O. The molecule has 1 nitrogen and oxygen atoms in total. The van der Waals surface area contributed by atoms with Gasteiger partial charge in [0.15, 0.2) is 5.66 Å². The van der Waals surface area contributed by atoms with Gasteiger partial charge in [-0.15, -0.1) is 0 Å². The Morgan fingerprint density at radius 2 is 2.33 bits per heavy atom. The molecule has 0 saturated carbocycles. The van der Waals surface area contributed by atoms with Gasteiger partial charge in [0.2, 0.25) is 0 Å². The zero-order chi connectivity index (χ0) is 4.99. The molecule has 0 aromatic heterocycles. The van der Waals surface area contributed by atoms with Crippen LogP contribution in [-0.2, 0) is 4.57 Å². The lowest BCUT2D eigenvalue weighted by molar-refractivity contribution is 0.591. The van der Waals surface area contributed by atoms with Gasteiger partial charge in [-0.1, -0.05) is 11.5 Å². The van der Waals surface area contributed by atoms with Crippen LogP contribution in [0.15, 0.2) is 0 Å². The zero-order valence-corrected chi connectivity index (χ0v) is 5.19. The molecular formula is C4H10OP+. The van der Waals surface area contributed by atoms with Crippen LogP contribution < -0.4 is 0 Å². The summed E-state index contributed by atoms with van der Waals surface area (Å²) in [6.45, 7) is 4.01. The normalized spacial score (nSPS) is 15.0. The molecule has 0 aliphatic rings. The smallest absolute Gasteiger partial charge is 0.0772 e. The Morgan fingerprint density at radius 1 is 1.83 bits per heavy atom. The van der Waals surface area contributed by atoms with Crippen LogP contribution in [0.5, 0.6) is 0 Å². The van der Waals surface area contributed by atoms with Crippen molar-refractivity contribution >= 4 is 8.46 Å². The van der Waals surface area contributed by atoms with Crippen molar-refractivity contribution in [2.45, 2.75) is 25.9 Å². The van der Waals surface area contributed by atoms with Gasteiger partial charge in [-0.2, -0.15) is 0 Å². The summed E-state index contributed by atoms with van der Waals surface area (Å²) in [5.41, 5.74) is 0.407. The molecule has 36 valence electrons. The highest BCUT2D eigenvalue weighted by Crippen LogP contribution is 2.06. The minimum atomic E-state index is -0.118. The van der Waals surface area contributed by atoms with Gasteiger partial charge in [0.25, 0.3) is 0 Å². The van der Waals surface area contributed by atoms with E-state index in [0.29, 0.717) is 5.66 Å². The summed E-state index contributed by atoms with van der Waals surface area (Å²) in [5.74, 6) is 0. The second-order valence-electron chi connectivity index (χ2n) is 1.43. The first-order chi connectivity index (χ1) is 2.81. The number of rotatable bonds is 2. The third-order valence-corrected chi connectivity index (χ3v) is 1.62. The predicted molar refractivity (Wildman–Crippen MR) is 28.8 cm³/mol. The Bertz CT molecular complexity index is 44.8. The molecule has 0 saturated heterocycles. The molecule has 0 rings (SSSR count). The van der Waals surface area contributed by atoms with Crippen molar-refractivity contribution < 1.29 is 4.57 Å². The summed E-state index contributed by atoms with van der Waals surface area (Å²) >= 11 is 0. The lowest BCUT2D eigenvalue weighted by Gasteiger charge is -1.79. The van der Waals surface area contributed by atoms with Crippen molar-refractivity contribution in [1.82, 2.24) is 0 Å². The van der Waals surface area contributed by atoms with Crippen LogP contribution in [0.4, 0.5) is 0 Å². The van der Waals surface area contributed by atoms with E-state index in [0.717, 1.165) is 6.42 Å². The van der Waals surface area contributed by atoms with E-state index in [2.05, 4.69) is 0 Å². The average Bonchev–Trinajstić information content (AvgIpc) is 1.65. The maximum atomic E-state index is 9.89. The highest BCUT2D eigenvalue weighted by atomic mass is 31.1. The van der Waals surface area contributed by atoms with E-state index in [1.807, 2.05) is 13.8 Å². The molecule has 0 fully saturated rings. The van der Waals surface area contributed by atoms with Crippen LogP contribution >= 0.6 is 8.46 Å². The van der Waals surface area contributed by atoms with Gasteiger partial charge >= 0.3 is 8.46 Å². The molecule has 0 N–H and O–H groups in total. The van der Waals surface area contributed by atoms with Gasteiger partial charge in [-0.05, 0) is 13.3 Å². The van der Waals surface area contributed by atoms with Gasteiger partial charge in [-0.25, -0.2) is 0 Å². The first kappa shape index (κ1) is 6.10. The van der Waals surface area contributed by atoms with Crippen molar-refractivity contribution in [2.24, 2.45) is 0 Å². The Kier molecular flexibility index (Phi) is 3.35. The fraction of sp³-hybridized carbons (Fsp3) is 1.00. The van der Waals surface area contributed by atoms with Crippen molar-refractivity contribution in [3.05, 3.63) is 0 Å². The number of hydrogen-bond acceptors (Lipinski definition) is 1. The van der Waals surface area contributed by atoms with Crippen LogP contribution in [0, 0.1) is 0 Å². The minimum absolute atomic E-state index is 0.118. The van der Waals surface area contributed by atoms with Crippen LogP contribution in [0.3, 0.4) is 0 Å². The molecule has 2 heteroatoms. The molecule has 2 unspecified atom stereocenters. The number of hydrogen-bond donors (Lipinski definition) is 0. The highest BCUT2D eigenvalue weighted by molar-refractivity contribution is 7.24. The van der Waals surface area contributed by atoms with Crippen molar-refractivity contribution in [1.29, 1.82) is 0 Å². The summed E-state index contributed by atoms with van der Waals surface area (Å²) in [6.07, 6.45) is 1.03. The van der Waals surface area contributed by atoms with E-state index in [4.69, 9.17) is 0 Å². The van der Waals surface area contributed by atoms with E-state index in [1.54, 1.807) is 0 Å². The third-order valence-electron chi connectivity index (χ3n) is 0.814. The Labute approximate surface area is 40.0 Å². The summed E-state index contributed by atoms with van der Waals surface area (Å²) in [7, 11) is -0.118. The van der Waals surface area contributed by atoms with E-state index < -0.39 is 0 Å². The Morgan fingerprint density at radius 3 is 2.33 bits per heavy atom. The molecule has 0 spiro atoms. The quantitative estimate of drug-likeness (QED) is 0.489. The first-order valence-corrected chi connectivity index (χ1v) is 3.17. The third kappa shape index (κ3) is 2.34. The Balaban J connectivity index is 2.96. The summed E-state index contributed by atoms with van der Waals surface area (Å²) < 4.78 is 9.89. The summed E-state index contributed by atoms with van der Waals surface area (Å²) in [5, 5.41) is 0. The van der Waals surface area contributed by atoms with E-state index >= 15 is 0 Å². The molecule has 6 heavy (non-hydrogen) atoms. The second kappa shape index (κ2) is 3.30. The fourth-order valence-electron chi connectivity index (χ4n) is 0.0833. The lowest BCUT2D eigenvalue weighted by atomic mass is 10.4. The summed E-state index contributed by atoms with van der Waals surface area (Å²) in [6, 6.07) is 0. The van der Waals surface area contributed by atoms with E-state index in [1.165, 1.54) is 0 Å². The van der Waals surface area contributed by atoms with Crippen LogP contribution in [0.25, 0.3) is 0 Å². The largest absolute Gasteiger partial charge is 0.327 e. The minimum Gasteiger partial charge on any atom is -0.0772 e. The molecule has 0 radical (unpaired) electrons. The van der Waals surface area contributed by atoms with Crippen LogP contribution in [0.2, 0.25) is 0 Å². The lowest BCUT2D eigenvalue weighted by Crippen LogP contribution is -1.82. The van der Waals surface area contributed by atoms with Gasteiger partial charge in [0.1, 0.15) is 0 Å². The topological polar surface area (TPSA) is 17.1 Å². The molecule has 0 aromatic rings. The molecule has 0 aliphatic heterocycles. The molecule has 0 aromatic carbocycles. The monoisotopic (exact) mass is 105 g/mol. The molecule has 2 atom stereocenters. The van der Waals surface area contributed by atoms with Crippen molar-refractivity contribution in [2.75, 3.05) is 0 Å².